The number of nitrogens with two attached hydrogens (primary N) is 1. The van der Waals surface area contributed by atoms with Crippen LogP contribution in [0.3, 0.4) is 0 Å². The second-order valence-electron chi connectivity index (χ2n) is 5.37. The summed E-state index contributed by atoms with van der Waals surface area (Å²) in [5, 5.41) is 0.495. The molecule has 2 N–H and O–H groups in total. The largest absolute Gasteiger partial charge is 0.459 e. The summed E-state index contributed by atoms with van der Waals surface area (Å²) < 4.78 is 11.0. The summed E-state index contributed by atoms with van der Waals surface area (Å²) in [5.41, 5.74) is 6.26. The molecular weight excluding hydrogens is 266 g/mol. The summed E-state index contributed by atoms with van der Waals surface area (Å²) in [6.45, 7) is 4.32. The van der Waals surface area contributed by atoms with Gasteiger partial charge in [0.05, 0.1) is 17.3 Å². The van der Waals surface area contributed by atoms with Crippen molar-refractivity contribution in [3.63, 3.8) is 0 Å². The number of nitrogen functional groups attached to an aromatic ring is 1. The fraction of sp³-hybridized carbons (Fsp3) is 0.500. The van der Waals surface area contributed by atoms with Crippen molar-refractivity contribution in [3.05, 3.63) is 28.8 Å². The molecule has 4 nitrogen and oxygen atoms in total. The van der Waals surface area contributed by atoms with Crippen molar-refractivity contribution in [3.8, 4) is 0 Å². The number of carbonyl (C=O) groups is 1. The standard InChI is InChI=1S/C14H18ClNO3/c1-14(2)6-5-10(19-14)8-18-13(17)11-4-3-9(15)7-12(11)16/h3-4,7,10H,5-6,8,16H2,1-2H3. The molecule has 1 aliphatic heterocycles. The molecule has 1 aromatic carbocycles. The van der Waals surface area contributed by atoms with Crippen molar-refractivity contribution in [1.29, 1.82) is 0 Å². The molecule has 0 aliphatic carbocycles. The third kappa shape index (κ3) is 3.61. The minimum absolute atomic E-state index is 0.0347. The summed E-state index contributed by atoms with van der Waals surface area (Å²) >= 11 is 5.78. The Hall–Kier alpha value is -1.26. The lowest BCUT2D eigenvalue weighted by molar-refractivity contribution is -0.0444. The zero-order valence-electron chi connectivity index (χ0n) is 11.1. The Kier molecular flexibility index (Phi) is 4.02. The normalized spacial score (nSPS) is 21.3. The third-order valence-electron chi connectivity index (χ3n) is 3.19. The van der Waals surface area contributed by atoms with E-state index in [2.05, 4.69) is 0 Å². The molecule has 5 heteroatoms. The lowest BCUT2D eigenvalue weighted by Crippen LogP contribution is -2.24. The van der Waals surface area contributed by atoms with E-state index in [1.54, 1.807) is 12.1 Å². The van der Waals surface area contributed by atoms with Crippen LogP contribution < -0.4 is 5.73 Å². The second kappa shape index (κ2) is 5.39. The van der Waals surface area contributed by atoms with Gasteiger partial charge in [-0.15, -0.1) is 0 Å². The van der Waals surface area contributed by atoms with E-state index < -0.39 is 5.97 Å². The van der Waals surface area contributed by atoms with Gasteiger partial charge in [0.25, 0.3) is 0 Å². The summed E-state index contributed by atoms with van der Waals surface area (Å²) in [4.78, 5) is 11.9. The summed E-state index contributed by atoms with van der Waals surface area (Å²) in [7, 11) is 0. The van der Waals surface area contributed by atoms with Gasteiger partial charge in [-0.1, -0.05) is 11.6 Å². The lowest BCUT2D eigenvalue weighted by Gasteiger charge is -2.19. The monoisotopic (exact) mass is 283 g/mol. The van der Waals surface area contributed by atoms with Crippen LogP contribution in [0, 0.1) is 0 Å². The lowest BCUT2D eigenvalue weighted by atomic mass is 10.1. The number of carbonyl (C=O) groups excluding carboxylic acids is 1. The Morgan fingerprint density at radius 1 is 1.58 bits per heavy atom. The zero-order chi connectivity index (χ0) is 14.0. The molecule has 19 heavy (non-hydrogen) atoms. The van der Waals surface area contributed by atoms with Crippen LogP contribution in [-0.2, 0) is 9.47 Å². The van der Waals surface area contributed by atoms with Gasteiger partial charge in [-0.3, -0.25) is 0 Å². The Morgan fingerprint density at radius 2 is 2.32 bits per heavy atom. The topological polar surface area (TPSA) is 61.5 Å². The van der Waals surface area contributed by atoms with Crippen LogP contribution >= 0.6 is 11.6 Å². The van der Waals surface area contributed by atoms with E-state index in [0.717, 1.165) is 12.8 Å². The number of ether oxygens (including phenoxy) is 2. The van der Waals surface area contributed by atoms with Crippen molar-refractivity contribution < 1.29 is 14.3 Å². The molecular formula is C14H18ClNO3. The molecule has 1 heterocycles. The SMILES string of the molecule is CC1(C)CCC(COC(=O)c2ccc(Cl)cc2N)O1. The number of esters is 1. The smallest absolute Gasteiger partial charge is 0.340 e. The van der Waals surface area contributed by atoms with Crippen LogP contribution in [-0.4, -0.2) is 24.3 Å². The van der Waals surface area contributed by atoms with Crippen molar-refractivity contribution in [2.45, 2.75) is 38.4 Å². The maximum Gasteiger partial charge on any atom is 0.340 e. The minimum Gasteiger partial charge on any atom is -0.459 e. The highest BCUT2D eigenvalue weighted by Gasteiger charge is 2.32. The first-order valence-corrected chi connectivity index (χ1v) is 6.65. The zero-order valence-corrected chi connectivity index (χ0v) is 11.9. The molecule has 0 spiro atoms. The van der Waals surface area contributed by atoms with Crippen molar-refractivity contribution in [1.82, 2.24) is 0 Å². The first kappa shape index (κ1) is 14.2. The van der Waals surface area contributed by atoms with Crippen LogP contribution in [0.5, 0.6) is 0 Å². The van der Waals surface area contributed by atoms with Crippen LogP contribution in [0.4, 0.5) is 5.69 Å². The number of halogens is 1. The van der Waals surface area contributed by atoms with Gasteiger partial charge in [0.15, 0.2) is 0 Å². The van der Waals surface area contributed by atoms with E-state index in [1.165, 1.54) is 6.07 Å². The van der Waals surface area contributed by atoms with Gasteiger partial charge in [0, 0.05) is 10.7 Å². The van der Waals surface area contributed by atoms with Gasteiger partial charge in [-0.2, -0.15) is 0 Å². The van der Waals surface area contributed by atoms with E-state index in [0.29, 0.717) is 16.3 Å². The fourth-order valence-electron chi connectivity index (χ4n) is 2.16. The average Bonchev–Trinajstić information content (AvgIpc) is 2.66. The van der Waals surface area contributed by atoms with Gasteiger partial charge in [0.2, 0.25) is 0 Å². The summed E-state index contributed by atoms with van der Waals surface area (Å²) in [5.74, 6) is -0.442. The molecule has 104 valence electrons. The Balaban J connectivity index is 1.91. The van der Waals surface area contributed by atoms with E-state index >= 15 is 0 Å². The van der Waals surface area contributed by atoms with Gasteiger partial charge in [0.1, 0.15) is 6.61 Å². The van der Waals surface area contributed by atoms with Crippen LogP contribution in [0.25, 0.3) is 0 Å². The molecule has 1 aliphatic rings. The summed E-state index contributed by atoms with van der Waals surface area (Å²) in [6.07, 6.45) is 1.83. The first-order valence-electron chi connectivity index (χ1n) is 6.27. The van der Waals surface area contributed by atoms with E-state index in [4.69, 9.17) is 26.8 Å². The van der Waals surface area contributed by atoms with Gasteiger partial charge < -0.3 is 15.2 Å². The fourth-order valence-corrected chi connectivity index (χ4v) is 2.34. The predicted octanol–water partition coefficient (Wildman–Crippen LogP) is 3.04. The second-order valence-corrected chi connectivity index (χ2v) is 5.80. The van der Waals surface area contributed by atoms with E-state index in [9.17, 15) is 4.79 Å². The predicted molar refractivity (Wildman–Crippen MR) is 74.3 cm³/mol. The van der Waals surface area contributed by atoms with E-state index in [-0.39, 0.29) is 18.3 Å². The number of benzene rings is 1. The average molecular weight is 284 g/mol. The molecule has 0 radical (unpaired) electrons. The molecule has 0 aromatic heterocycles. The minimum atomic E-state index is -0.442. The quantitative estimate of drug-likeness (QED) is 0.684. The van der Waals surface area contributed by atoms with Gasteiger partial charge in [-0.05, 0) is 44.9 Å². The Labute approximate surface area is 117 Å². The molecule has 1 unspecified atom stereocenters. The molecule has 2 rings (SSSR count). The molecule has 1 aromatic rings. The molecule has 1 fully saturated rings. The maximum atomic E-state index is 11.9. The maximum absolute atomic E-state index is 11.9. The van der Waals surface area contributed by atoms with Crippen molar-refractivity contribution >= 4 is 23.3 Å². The van der Waals surface area contributed by atoms with Gasteiger partial charge >= 0.3 is 5.97 Å². The van der Waals surface area contributed by atoms with E-state index in [1.807, 2.05) is 13.8 Å². The third-order valence-corrected chi connectivity index (χ3v) is 3.42. The highest BCUT2D eigenvalue weighted by atomic mass is 35.5. The first-order chi connectivity index (χ1) is 8.87. The van der Waals surface area contributed by atoms with Crippen LogP contribution in [0.15, 0.2) is 18.2 Å². The van der Waals surface area contributed by atoms with Crippen molar-refractivity contribution in [2.75, 3.05) is 12.3 Å². The number of hydrogen-bond donors (Lipinski definition) is 1. The Morgan fingerprint density at radius 3 is 2.89 bits per heavy atom. The molecule has 0 saturated carbocycles. The van der Waals surface area contributed by atoms with Crippen LogP contribution in [0.2, 0.25) is 5.02 Å². The Bertz CT molecular complexity index is 488. The molecule has 0 amide bonds. The highest BCUT2D eigenvalue weighted by Crippen LogP contribution is 2.29. The molecule has 1 saturated heterocycles. The number of anilines is 1. The molecule has 0 bridgehead atoms. The summed E-state index contributed by atoms with van der Waals surface area (Å²) in [6, 6.07) is 4.72. The number of hydrogen-bond acceptors (Lipinski definition) is 4. The van der Waals surface area contributed by atoms with Gasteiger partial charge in [-0.25, -0.2) is 4.79 Å². The van der Waals surface area contributed by atoms with Crippen molar-refractivity contribution in [2.24, 2.45) is 0 Å². The highest BCUT2D eigenvalue weighted by molar-refractivity contribution is 6.31. The van der Waals surface area contributed by atoms with Crippen LogP contribution in [0.1, 0.15) is 37.0 Å². The number of rotatable bonds is 3. The molecule has 1 atom stereocenters.